The minimum absolute atomic E-state index is 0.163. The van der Waals surface area contributed by atoms with Gasteiger partial charge < -0.3 is 9.84 Å². The van der Waals surface area contributed by atoms with Crippen LogP contribution >= 0.6 is 11.6 Å². The summed E-state index contributed by atoms with van der Waals surface area (Å²) in [6, 6.07) is 12.9. The van der Waals surface area contributed by atoms with Crippen LogP contribution in [0.5, 0.6) is 0 Å². The number of aromatic nitrogens is 2. The summed E-state index contributed by atoms with van der Waals surface area (Å²) in [6.45, 7) is 0. The molecular weight excluding hydrogens is 333 g/mol. The lowest BCUT2D eigenvalue weighted by Crippen LogP contribution is -2.12. The second kappa shape index (κ2) is 7.23. The molecule has 1 heterocycles. The number of halogens is 2. The van der Waals surface area contributed by atoms with Crippen molar-refractivity contribution >= 4 is 23.2 Å². The Labute approximate surface area is 142 Å². The van der Waals surface area contributed by atoms with Gasteiger partial charge in [0.05, 0.1) is 10.7 Å². The van der Waals surface area contributed by atoms with Crippen LogP contribution in [0.25, 0.3) is 11.4 Å². The Morgan fingerprint density at radius 3 is 2.83 bits per heavy atom. The monoisotopic (exact) mass is 345 g/mol. The zero-order valence-electron chi connectivity index (χ0n) is 12.5. The molecule has 0 bridgehead atoms. The van der Waals surface area contributed by atoms with Crippen molar-refractivity contribution < 1.29 is 13.7 Å². The van der Waals surface area contributed by atoms with Crippen LogP contribution in [0.1, 0.15) is 12.3 Å². The van der Waals surface area contributed by atoms with E-state index in [1.54, 1.807) is 36.4 Å². The molecule has 2 aromatic carbocycles. The zero-order chi connectivity index (χ0) is 16.9. The summed E-state index contributed by atoms with van der Waals surface area (Å²) in [6.07, 6.45) is 0.439. The number of amides is 1. The Hall–Kier alpha value is -2.73. The van der Waals surface area contributed by atoms with Gasteiger partial charge in [-0.3, -0.25) is 4.79 Å². The van der Waals surface area contributed by atoms with Gasteiger partial charge in [-0.15, -0.1) is 0 Å². The maximum Gasteiger partial charge on any atom is 0.227 e. The third kappa shape index (κ3) is 3.97. The standard InChI is InChI=1S/C17H13ClFN3O2/c18-13-6-1-2-7-14(13)20-15(23)8-9-16-21-17(22-24-16)11-4-3-5-12(19)10-11/h1-7,10H,8-9H2,(H,20,23). The lowest BCUT2D eigenvalue weighted by Gasteiger charge is -2.05. The van der Waals surface area contributed by atoms with E-state index < -0.39 is 0 Å². The molecule has 7 heteroatoms. The third-order valence-electron chi connectivity index (χ3n) is 3.26. The number of aryl methyl sites for hydroxylation is 1. The van der Waals surface area contributed by atoms with Gasteiger partial charge in [0, 0.05) is 18.4 Å². The minimum Gasteiger partial charge on any atom is -0.339 e. The van der Waals surface area contributed by atoms with Gasteiger partial charge in [-0.05, 0) is 24.3 Å². The first-order chi connectivity index (χ1) is 11.6. The SMILES string of the molecule is O=C(CCc1nc(-c2cccc(F)c2)no1)Nc1ccccc1Cl. The van der Waals surface area contributed by atoms with E-state index >= 15 is 0 Å². The van der Waals surface area contributed by atoms with Gasteiger partial charge >= 0.3 is 0 Å². The molecule has 0 atom stereocenters. The molecule has 3 aromatic rings. The van der Waals surface area contributed by atoms with Gasteiger partial charge in [0.15, 0.2) is 0 Å². The molecule has 1 amide bonds. The van der Waals surface area contributed by atoms with E-state index in [0.717, 1.165) is 0 Å². The molecule has 3 rings (SSSR count). The topological polar surface area (TPSA) is 68.0 Å². The van der Waals surface area contributed by atoms with Gasteiger partial charge in [0.1, 0.15) is 5.82 Å². The largest absolute Gasteiger partial charge is 0.339 e. The summed E-state index contributed by atoms with van der Waals surface area (Å²) in [7, 11) is 0. The number of hydrogen-bond donors (Lipinski definition) is 1. The van der Waals surface area contributed by atoms with Crippen molar-refractivity contribution in [3.8, 4) is 11.4 Å². The summed E-state index contributed by atoms with van der Waals surface area (Å²) < 4.78 is 18.3. The Kier molecular flexibility index (Phi) is 4.86. The maximum absolute atomic E-state index is 13.2. The Morgan fingerprint density at radius 2 is 2.04 bits per heavy atom. The van der Waals surface area contributed by atoms with E-state index in [1.807, 2.05) is 0 Å². The first kappa shape index (κ1) is 16.1. The number of benzene rings is 2. The molecule has 0 fully saturated rings. The smallest absolute Gasteiger partial charge is 0.227 e. The summed E-state index contributed by atoms with van der Waals surface area (Å²) in [4.78, 5) is 16.1. The zero-order valence-corrected chi connectivity index (χ0v) is 13.3. The van der Waals surface area contributed by atoms with Crippen LogP contribution in [0, 0.1) is 5.82 Å². The van der Waals surface area contributed by atoms with Crippen molar-refractivity contribution in [2.75, 3.05) is 5.32 Å². The van der Waals surface area contributed by atoms with Gasteiger partial charge in [-0.2, -0.15) is 4.98 Å². The number of nitrogens with zero attached hydrogens (tertiary/aromatic N) is 2. The van der Waals surface area contributed by atoms with Crippen molar-refractivity contribution in [3.05, 3.63) is 65.3 Å². The number of para-hydroxylation sites is 1. The highest BCUT2D eigenvalue weighted by atomic mass is 35.5. The second-order valence-electron chi connectivity index (χ2n) is 5.05. The lowest BCUT2D eigenvalue weighted by molar-refractivity contribution is -0.116. The fraction of sp³-hybridized carbons (Fsp3) is 0.118. The highest BCUT2D eigenvalue weighted by Crippen LogP contribution is 2.21. The molecule has 0 aliphatic heterocycles. The fourth-order valence-electron chi connectivity index (χ4n) is 2.10. The van der Waals surface area contributed by atoms with Crippen LogP contribution < -0.4 is 5.32 Å². The summed E-state index contributed by atoms with van der Waals surface area (Å²) in [5.41, 5.74) is 1.07. The molecule has 0 saturated carbocycles. The molecule has 0 spiro atoms. The number of carbonyl (C=O) groups excluding carboxylic acids is 1. The highest BCUT2D eigenvalue weighted by Gasteiger charge is 2.12. The van der Waals surface area contributed by atoms with E-state index in [0.29, 0.717) is 22.2 Å². The second-order valence-corrected chi connectivity index (χ2v) is 5.46. The number of rotatable bonds is 5. The van der Waals surface area contributed by atoms with Gasteiger partial charge in [-0.1, -0.05) is 41.0 Å². The van der Waals surface area contributed by atoms with Gasteiger partial charge in [0.2, 0.25) is 17.6 Å². The number of carbonyl (C=O) groups is 1. The van der Waals surface area contributed by atoms with Crippen LogP contribution in [0.15, 0.2) is 53.1 Å². The molecular formula is C17H13ClFN3O2. The number of anilines is 1. The maximum atomic E-state index is 13.2. The molecule has 24 heavy (non-hydrogen) atoms. The van der Waals surface area contributed by atoms with Crippen LogP contribution in [0.4, 0.5) is 10.1 Å². The molecule has 0 saturated heterocycles. The molecule has 0 aliphatic rings. The van der Waals surface area contributed by atoms with Crippen molar-refractivity contribution in [2.24, 2.45) is 0 Å². The summed E-state index contributed by atoms with van der Waals surface area (Å²) >= 11 is 5.98. The van der Waals surface area contributed by atoms with Gasteiger partial charge in [0.25, 0.3) is 0 Å². The first-order valence-electron chi connectivity index (χ1n) is 7.25. The van der Waals surface area contributed by atoms with Crippen LogP contribution in [0.3, 0.4) is 0 Å². The van der Waals surface area contributed by atoms with Crippen molar-refractivity contribution in [2.45, 2.75) is 12.8 Å². The summed E-state index contributed by atoms with van der Waals surface area (Å²) in [5, 5.41) is 6.98. The average Bonchev–Trinajstić information content (AvgIpc) is 3.04. The molecule has 1 aromatic heterocycles. The fourth-order valence-corrected chi connectivity index (χ4v) is 2.28. The van der Waals surface area contributed by atoms with Crippen LogP contribution in [-0.2, 0) is 11.2 Å². The lowest BCUT2D eigenvalue weighted by atomic mass is 10.2. The molecule has 0 radical (unpaired) electrons. The molecule has 122 valence electrons. The van der Waals surface area contributed by atoms with Crippen LogP contribution in [-0.4, -0.2) is 16.0 Å². The highest BCUT2D eigenvalue weighted by molar-refractivity contribution is 6.33. The quantitative estimate of drug-likeness (QED) is 0.756. The van der Waals surface area contributed by atoms with E-state index in [-0.39, 0.29) is 30.4 Å². The Balaban J connectivity index is 1.59. The number of nitrogens with one attached hydrogen (secondary N) is 1. The van der Waals surface area contributed by atoms with Crippen molar-refractivity contribution in [3.63, 3.8) is 0 Å². The summed E-state index contributed by atoms with van der Waals surface area (Å²) in [5.74, 6) is 0.00570. The average molecular weight is 346 g/mol. The molecule has 5 nitrogen and oxygen atoms in total. The number of hydrogen-bond acceptors (Lipinski definition) is 4. The molecule has 0 aliphatic carbocycles. The first-order valence-corrected chi connectivity index (χ1v) is 7.62. The third-order valence-corrected chi connectivity index (χ3v) is 3.59. The normalized spacial score (nSPS) is 10.6. The molecule has 1 N–H and O–H groups in total. The predicted molar refractivity (Wildman–Crippen MR) is 88.1 cm³/mol. The van der Waals surface area contributed by atoms with E-state index in [1.165, 1.54) is 12.1 Å². The predicted octanol–water partition coefficient (Wildman–Crippen LogP) is 4.10. The van der Waals surface area contributed by atoms with Crippen molar-refractivity contribution in [1.82, 2.24) is 10.1 Å². The Morgan fingerprint density at radius 1 is 1.21 bits per heavy atom. The van der Waals surface area contributed by atoms with Crippen molar-refractivity contribution in [1.29, 1.82) is 0 Å². The van der Waals surface area contributed by atoms with Gasteiger partial charge in [-0.25, -0.2) is 4.39 Å². The van der Waals surface area contributed by atoms with E-state index in [4.69, 9.17) is 16.1 Å². The minimum atomic E-state index is -0.377. The molecule has 0 unspecified atom stereocenters. The van der Waals surface area contributed by atoms with Crippen LogP contribution in [0.2, 0.25) is 5.02 Å². The Bertz CT molecular complexity index is 866. The van der Waals surface area contributed by atoms with E-state index in [2.05, 4.69) is 15.5 Å². The van der Waals surface area contributed by atoms with E-state index in [9.17, 15) is 9.18 Å².